The van der Waals surface area contributed by atoms with Gasteiger partial charge in [-0.05, 0) is 43.9 Å². The molecule has 0 radical (unpaired) electrons. The number of carbonyl (C=O) groups is 1. The molecule has 0 N–H and O–H groups in total. The maximum Gasteiger partial charge on any atom is 0.416 e. The average Bonchev–Trinajstić information content (AvgIpc) is 2.96. The molecule has 0 saturated carbocycles. The highest BCUT2D eigenvalue weighted by Crippen LogP contribution is 2.32. The molecule has 2 aliphatic rings. The quantitative estimate of drug-likeness (QED) is 0.755. The van der Waals surface area contributed by atoms with Gasteiger partial charge in [0.2, 0.25) is 15.9 Å². The predicted molar refractivity (Wildman–Crippen MR) is 98.0 cm³/mol. The molecule has 1 aromatic rings. The highest BCUT2D eigenvalue weighted by atomic mass is 32.2. The van der Waals surface area contributed by atoms with E-state index in [1.54, 1.807) is 0 Å². The first-order valence-corrected chi connectivity index (χ1v) is 11.1. The van der Waals surface area contributed by atoms with Crippen LogP contribution in [0.4, 0.5) is 13.2 Å². The van der Waals surface area contributed by atoms with Crippen LogP contribution in [0.15, 0.2) is 29.2 Å². The van der Waals surface area contributed by atoms with Crippen molar-refractivity contribution in [3.05, 3.63) is 29.8 Å². The van der Waals surface area contributed by atoms with Crippen molar-refractivity contribution in [2.75, 3.05) is 26.2 Å². The van der Waals surface area contributed by atoms with Crippen molar-refractivity contribution in [1.82, 2.24) is 9.21 Å². The molecular formula is C19H25F3N2O3S. The topological polar surface area (TPSA) is 57.7 Å². The summed E-state index contributed by atoms with van der Waals surface area (Å²) in [6, 6.07) is 3.80. The molecule has 0 aromatic heterocycles. The number of carbonyl (C=O) groups excluding carboxylic acids is 1. The van der Waals surface area contributed by atoms with Crippen LogP contribution < -0.4 is 0 Å². The van der Waals surface area contributed by atoms with E-state index >= 15 is 0 Å². The zero-order valence-electron chi connectivity index (χ0n) is 15.6. The predicted octanol–water partition coefficient (Wildman–Crippen LogP) is 3.51. The van der Waals surface area contributed by atoms with Crippen molar-refractivity contribution < 1.29 is 26.4 Å². The maximum atomic E-state index is 12.9. The van der Waals surface area contributed by atoms with Crippen LogP contribution in [0.5, 0.6) is 0 Å². The van der Waals surface area contributed by atoms with E-state index < -0.39 is 21.8 Å². The summed E-state index contributed by atoms with van der Waals surface area (Å²) in [6.07, 6.45) is 0.428. The number of hydrogen-bond acceptors (Lipinski definition) is 3. The van der Waals surface area contributed by atoms with E-state index in [0.29, 0.717) is 18.9 Å². The second-order valence-corrected chi connectivity index (χ2v) is 9.38. The van der Waals surface area contributed by atoms with E-state index in [4.69, 9.17) is 0 Å². The van der Waals surface area contributed by atoms with Gasteiger partial charge in [-0.1, -0.05) is 18.9 Å². The minimum atomic E-state index is -4.60. The Morgan fingerprint density at radius 3 is 2.14 bits per heavy atom. The van der Waals surface area contributed by atoms with Gasteiger partial charge in [0.25, 0.3) is 0 Å². The smallest absolute Gasteiger partial charge is 0.342 e. The molecule has 5 nitrogen and oxygen atoms in total. The Kier molecular flexibility index (Phi) is 6.34. The van der Waals surface area contributed by atoms with Gasteiger partial charge in [-0.2, -0.15) is 17.5 Å². The Bertz CT molecular complexity index is 795. The van der Waals surface area contributed by atoms with Gasteiger partial charge in [0.05, 0.1) is 10.5 Å². The second-order valence-electron chi connectivity index (χ2n) is 7.44. The Morgan fingerprint density at radius 1 is 0.964 bits per heavy atom. The van der Waals surface area contributed by atoms with Gasteiger partial charge < -0.3 is 4.90 Å². The van der Waals surface area contributed by atoms with Crippen LogP contribution >= 0.6 is 0 Å². The van der Waals surface area contributed by atoms with Crippen molar-refractivity contribution >= 4 is 15.9 Å². The van der Waals surface area contributed by atoms with Crippen LogP contribution in [0.25, 0.3) is 0 Å². The average molecular weight is 418 g/mol. The largest absolute Gasteiger partial charge is 0.416 e. The first kappa shape index (κ1) is 21.1. The van der Waals surface area contributed by atoms with E-state index in [-0.39, 0.29) is 29.8 Å². The lowest BCUT2D eigenvalue weighted by atomic mass is 9.96. The molecule has 2 saturated heterocycles. The summed E-state index contributed by atoms with van der Waals surface area (Å²) in [4.78, 5) is 14.2. The summed E-state index contributed by atoms with van der Waals surface area (Å²) >= 11 is 0. The minimum Gasteiger partial charge on any atom is -0.342 e. The summed E-state index contributed by atoms with van der Waals surface area (Å²) in [5.74, 6) is -0.135. The number of benzene rings is 1. The van der Waals surface area contributed by atoms with E-state index in [2.05, 4.69) is 0 Å². The van der Waals surface area contributed by atoms with Crippen LogP contribution in [0.2, 0.25) is 0 Å². The van der Waals surface area contributed by atoms with Crippen LogP contribution in [0.1, 0.15) is 44.1 Å². The molecule has 2 heterocycles. The molecule has 156 valence electrons. The normalized spacial score (nSPS) is 20.8. The Balaban J connectivity index is 1.66. The summed E-state index contributed by atoms with van der Waals surface area (Å²) in [5.41, 5.74) is -0.986. The van der Waals surface area contributed by atoms with Crippen LogP contribution in [-0.4, -0.2) is 49.7 Å². The first-order chi connectivity index (χ1) is 13.2. The number of halogens is 3. The molecule has 0 aliphatic carbocycles. The Morgan fingerprint density at radius 2 is 1.57 bits per heavy atom. The molecule has 3 rings (SSSR count). The van der Waals surface area contributed by atoms with Crippen molar-refractivity contribution in [3.8, 4) is 0 Å². The van der Waals surface area contributed by atoms with Crippen LogP contribution in [0.3, 0.4) is 0 Å². The highest BCUT2D eigenvalue weighted by Gasteiger charge is 2.36. The monoisotopic (exact) mass is 418 g/mol. The van der Waals surface area contributed by atoms with E-state index in [9.17, 15) is 26.4 Å². The summed E-state index contributed by atoms with van der Waals surface area (Å²) < 4.78 is 65.4. The fourth-order valence-corrected chi connectivity index (χ4v) is 5.39. The van der Waals surface area contributed by atoms with Gasteiger partial charge in [0.1, 0.15) is 0 Å². The second kappa shape index (κ2) is 8.41. The van der Waals surface area contributed by atoms with Gasteiger partial charge in [-0.3, -0.25) is 4.79 Å². The number of hydrogen-bond donors (Lipinski definition) is 0. The molecule has 2 aliphatic heterocycles. The lowest BCUT2D eigenvalue weighted by molar-refractivity contribution is -0.138. The van der Waals surface area contributed by atoms with E-state index in [1.165, 1.54) is 10.4 Å². The van der Waals surface area contributed by atoms with Crippen LogP contribution in [0, 0.1) is 5.92 Å². The molecule has 0 spiro atoms. The first-order valence-electron chi connectivity index (χ1n) is 9.66. The van der Waals surface area contributed by atoms with Crippen molar-refractivity contribution in [2.45, 2.75) is 49.6 Å². The number of likely N-dealkylation sites (tertiary alicyclic amines) is 1. The lowest BCUT2D eigenvalue weighted by Crippen LogP contribution is -2.44. The van der Waals surface area contributed by atoms with Gasteiger partial charge in [-0.15, -0.1) is 0 Å². The number of nitrogens with zero attached hydrogens (tertiary/aromatic N) is 2. The molecule has 0 atom stereocenters. The van der Waals surface area contributed by atoms with E-state index in [1.807, 2.05) is 4.90 Å². The van der Waals surface area contributed by atoms with Gasteiger partial charge in [0, 0.05) is 32.1 Å². The lowest BCUT2D eigenvalue weighted by Gasteiger charge is -2.33. The SMILES string of the molecule is O=C(C1CCN(S(=O)(=O)c2cccc(C(F)(F)F)c2)CC1)N1CCCCCC1. The van der Waals surface area contributed by atoms with Crippen LogP contribution in [-0.2, 0) is 21.0 Å². The number of amides is 1. The van der Waals surface area contributed by atoms with Crippen molar-refractivity contribution in [3.63, 3.8) is 0 Å². The fraction of sp³-hybridized carbons (Fsp3) is 0.632. The van der Waals surface area contributed by atoms with Crippen molar-refractivity contribution in [1.29, 1.82) is 0 Å². The third-order valence-corrected chi connectivity index (χ3v) is 7.41. The molecule has 0 bridgehead atoms. The molecule has 1 aromatic carbocycles. The standard InChI is InChI=1S/C19H25F3N2O3S/c20-19(21,22)16-6-5-7-17(14-16)28(26,27)24-12-8-15(9-13-24)18(25)23-10-3-1-2-4-11-23/h5-7,14-15H,1-4,8-13H2. The third kappa shape index (κ3) is 4.68. The fourth-order valence-electron chi connectivity index (χ4n) is 3.87. The minimum absolute atomic E-state index is 0.0815. The van der Waals surface area contributed by atoms with Crippen molar-refractivity contribution in [2.24, 2.45) is 5.92 Å². The third-order valence-electron chi connectivity index (χ3n) is 5.52. The zero-order chi connectivity index (χ0) is 20.4. The number of piperidine rings is 1. The maximum absolute atomic E-state index is 12.9. The van der Waals surface area contributed by atoms with E-state index in [0.717, 1.165) is 50.9 Å². The zero-order valence-corrected chi connectivity index (χ0v) is 16.4. The van der Waals surface area contributed by atoms with Gasteiger partial charge >= 0.3 is 6.18 Å². The number of rotatable bonds is 3. The summed E-state index contributed by atoms with van der Waals surface area (Å²) in [6.45, 7) is 1.79. The Hall–Kier alpha value is -1.61. The molecule has 1 amide bonds. The van der Waals surface area contributed by atoms with Gasteiger partial charge in [0.15, 0.2) is 0 Å². The summed E-state index contributed by atoms with van der Waals surface area (Å²) in [5, 5.41) is 0. The molecule has 9 heteroatoms. The molecule has 28 heavy (non-hydrogen) atoms. The summed E-state index contributed by atoms with van der Waals surface area (Å²) in [7, 11) is -4.02. The Labute approximate surface area is 163 Å². The molecular weight excluding hydrogens is 393 g/mol. The highest BCUT2D eigenvalue weighted by molar-refractivity contribution is 7.89. The molecule has 0 unspecified atom stereocenters. The number of sulfonamides is 1. The molecule has 2 fully saturated rings. The number of alkyl halides is 3. The van der Waals surface area contributed by atoms with Gasteiger partial charge in [-0.25, -0.2) is 8.42 Å².